The van der Waals surface area contributed by atoms with Crippen molar-refractivity contribution in [2.75, 3.05) is 7.05 Å². The maximum Gasteiger partial charge on any atom is 0.419 e. The van der Waals surface area contributed by atoms with Gasteiger partial charge in [0.15, 0.2) is 0 Å². The topological polar surface area (TPSA) is 21.3 Å². The molecule has 0 aliphatic heterocycles. The fraction of sp³-hybridized carbons (Fsp3) is 0.250. The first-order valence-electron chi connectivity index (χ1n) is 6.50. The molecular weight excluding hydrogens is 279 g/mol. The Balaban J connectivity index is 2.31. The van der Waals surface area contributed by atoms with Crippen molar-refractivity contribution in [1.82, 2.24) is 5.32 Å². The molecule has 2 nitrogen and oxygen atoms in total. The molecule has 0 bridgehead atoms. The van der Waals surface area contributed by atoms with Crippen LogP contribution in [-0.4, -0.2) is 7.05 Å². The van der Waals surface area contributed by atoms with E-state index in [4.69, 9.17) is 4.74 Å². The summed E-state index contributed by atoms with van der Waals surface area (Å²) in [6.45, 7) is 2.50. The maximum atomic E-state index is 12.9. The van der Waals surface area contributed by atoms with Gasteiger partial charge in [-0.2, -0.15) is 13.2 Å². The minimum Gasteiger partial charge on any atom is -0.456 e. The summed E-state index contributed by atoms with van der Waals surface area (Å²) in [5.74, 6) is 0.237. The SMILES string of the molecule is CNCc1ccc(Oc2ccccc2C(F)(F)F)c(C)c1. The molecule has 0 radical (unpaired) electrons. The lowest BCUT2D eigenvalue weighted by Crippen LogP contribution is -2.07. The molecule has 21 heavy (non-hydrogen) atoms. The number of halogens is 3. The van der Waals surface area contributed by atoms with Gasteiger partial charge in [-0.05, 0) is 43.3 Å². The van der Waals surface area contributed by atoms with E-state index >= 15 is 0 Å². The van der Waals surface area contributed by atoms with Crippen molar-refractivity contribution in [1.29, 1.82) is 0 Å². The summed E-state index contributed by atoms with van der Waals surface area (Å²) in [4.78, 5) is 0. The van der Waals surface area contributed by atoms with Crippen molar-refractivity contribution >= 4 is 0 Å². The summed E-state index contributed by atoms with van der Waals surface area (Å²) in [5, 5.41) is 3.02. The Morgan fingerprint density at radius 1 is 1.05 bits per heavy atom. The molecule has 0 aromatic heterocycles. The van der Waals surface area contributed by atoms with Crippen molar-refractivity contribution in [2.24, 2.45) is 0 Å². The van der Waals surface area contributed by atoms with Crippen LogP contribution in [0.2, 0.25) is 0 Å². The summed E-state index contributed by atoms with van der Waals surface area (Å²) in [5.41, 5.74) is 1.06. The molecule has 1 N–H and O–H groups in total. The molecule has 112 valence electrons. The van der Waals surface area contributed by atoms with Gasteiger partial charge < -0.3 is 10.1 Å². The summed E-state index contributed by atoms with van der Waals surface area (Å²) < 4.78 is 44.2. The van der Waals surface area contributed by atoms with Gasteiger partial charge in [-0.25, -0.2) is 0 Å². The van der Waals surface area contributed by atoms with E-state index in [-0.39, 0.29) is 5.75 Å². The Bertz CT molecular complexity index is 623. The van der Waals surface area contributed by atoms with Crippen LogP contribution in [0.4, 0.5) is 13.2 Å². The van der Waals surface area contributed by atoms with Crippen LogP contribution in [0.5, 0.6) is 11.5 Å². The highest BCUT2D eigenvalue weighted by atomic mass is 19.4. The number of ether oxygens (including phenoxy) is 1. The number of nitrogens with one attached hydrogen (secondary N) is 1. The second-order valence-electron chi connectivity index (χ2n) is 4.73. The van der Waals surface area contributed by atoms with Gasteiger partial charge in [0.1, 0.15) is 11.5 Å². The second kappa shape index (κ2) is 6.18. The van der Waals surface area contributed by atoms with Crippen molar-refractivity contribution in [2.45, 2.75) is 19.6 Å². The van der Waals surface area contributed by atoms with Crippen molar-refractivity contribution in [3.8, 4) is 11.5 Å². The van der Waals surface area contributed by atoms with Crippen molar-refractivity contribution < 1.29 is 17.9 Å². The molecule has 5 heteroatoms. The van der Waals surface area contributed by atoms with Crippen molar-refractivity contribution in [3.63, 3.8) is 0 Å². The average Bonchev–Trinajstić information content (AvgIpc) is 2.42. The lowest BCUT2D eigenvalue weighted by Gasteiger charge is -2.15. The molecule has 0 spiro atoms. The minimum atomic E-state index is -4.43. The van der Waals surface area contributed by atoms with Crippen LogP contribution in [-0.2, 0) is 12.7 Å². The molecule has 2 aromatic rings. The van der Waals surface area contributed by atoms with Crippen LogP contribution >= 0.6 is 0 Å². The van der Waals surface area contributed by atoms with E-state index in [2.05, 4.69) is 5.32 Å². The summed E-state index contributed by atoms with van der Waals surface area (Å²) >= 11 is 0. The van der Waals surface area contributed by atoms with Gasteiger partial charge >= 0.3 is 6.18 Å². The van der Waals surface area contributed by atoms with Gasteiger partial charge in [0.25, 0.3) is 0 Å². The number of aryl methyl sites for hydroxylation is 1. The number of para-hydroxylation sites is 1. The second-order valence-corrected chi connectivity index (χ2v) is 4.73. The van der Waals surface area contributed by atoms with E-state index in [0.29, 0.717) is 12.3 Å². The van der Waals surface area contributed by atoms with E-state index in [1.807, 2.05) is 26.1 Å². The standard InChI is InChI=1S/C16H16F3NO/c1-11-9-12(10-20-2)7-8-14(11)21-15-6-4-3-5-13(15)16(17,18)19/h3-9,20H,10H2,1-2H3. The molecule has 0 aliphatic carbocycles. The molecule has 2 aromatic carbocycles. The number of alkyl halides is 3. The molecule has 0 unspecified atom stereocenters. The third-order valence-electron chi connectivity index (χ3n) is 3.03. The van der Waals surface area contributed by atoms with Crippen LogP contribution in [0.1, 0.15) is 16.7 Å². The zero-order valence-corrected chi connectivity index (χ0v) is 11.8. The first-order chi connectivity index (χ1) is 9.91. The Labute approximate surface area is 121 Å². The Morgan fingerprint density at radius 3 is 2.38 bits per heavy atom. The zero-order valence-electron chi connectivity index (χ0n) is 11.8. The molecule has 0 aliphatic rings. The number of hydrogen-bond acceptors (Lipinski definition) is 2. The largest absolute Gasteiger partial charge is 0.456 e. The molecule has 0 atom stereocenters. The first-order valence-corrected chi connectivity index (χ1v) is 6.50. The van der Waals surface area contributed by atoms with Crippen LogP contribution in [0.25, 0.3) is 0 Å². The van der Waals surface area contributed by atoms with Crippen LogP contribution < -0.4 is 10.1 Å². The molecule has 0 saturated carbocycles. The monoisotopic (exact) mass is 295 g/mol. The summed E-state index contributed by atoms with van der Waals surface area (Å²) in [6, 6.07) is 10.6. The van der Waals surface area contributed by atoms with Crippen LogP contribution in [0.3, 0.4) is 0 Å². The third-order valence-corrected chi connectivity index (χ3v) is 3.03. The molecule has 0 heterocycles. The van der Waals surface area contributed by atoms with E-state index < -0.39 is 11.7 Å². The van der Waals surface area contributed by atoms with Gasteiger partial charge in [-0.3, -0.25) is 0 Å². The third kappa shape index (κ3) is 3.76. The Kier molecular flexibility index (Phi) is 4.53. The fourth-order valence-corrected chi connectivity index (χ4v) is 2.05. The van der Waals surface area contributed by atoms with E-state index in [0.717, 1.165) is 17.2 Å². The lowest BCUT2D eigenvalue weighted by molar-refractivity contribution is -0.138. The van der Waals surface area contributed by atoms with Gasteiger partial charge in [0, 0.05) is 6.54 Å². The lowest BCUT2D eigenvalue weighted by atomic mass is 10.1. The quantitative estimate of drug-likeness (QED) is 0.895. The van der Waals surface area contributed by atoms with Crippen LogP contribution in [0, 0.1) is 6.92 Å². The highest BCUT2D eigenvalue weighted by Crippen LogP contribution is 2.38. The summed E-state index contributed by atoms with van der Waals surface area (Å²) in [6.07, 6.45) is -4.43. The number of benzene rings is 2. The number of hydrogen-bond donors (Lipinski definition) is 1. The van der Waals surface area contributed by atoms with Crippen molar-refractivity contribution in [3.05, 3.63) is 59.2 Å². The zero-order chi connectivity index (χ0) is 15.5. The predicted molar refractivity (Wildman–Crippen MR) is 75.5 cm³/mol. The summed E-state index contributed by atoms with van der Waals surface area (Å²) in [7, 11) is 1.83. The minimum absolute atomic E-state index is 0.186. The van der Waals surface area contributed by atoms with Gasteiger partial charge in [0.05, 0.1) is 5.56 Å². The number of rotatable bonds is 4. The van der Waals surface area contributed by atoms with Gasteiger partial charge in [0.2, 0.25) is 0 Å². The van der Waals surface area contributed by atoms with E-state index in [9.17, 15) is 13.2 Å². The fourth-order valence-electron chi connectivity index (χ4n) is 2.05. The van der Waals surface area contributed by atoms with Gasteiger partial charge in [-0.15, -0.1) is 0 Å². The average molecular weight is 295 g/mol. The van der Waals surface area contributed by atoms with E-state index in [1.54, 1.807) is 6.07 Å². The van der Waals surface area contributed by atoms with Gasteiger partial charge in [-0.1, -0.05) is 24.3 Å². The Morgan fingerprint density at radius 2 is 1.76 bits per heavy atom. The smallest absolute Gasteiger partial charge is 0.419 e. The molecule has 0 fully saturated rings. The molecule has 2 rings (SSSR count). The molecular formula is C16H16F3NO. The Hall–Kier alpha value is -2.01. The predicted octanol–water partition coefficient (Wildman–Crippen LogP) is 4.53. The van der Waals surface area contributed by atoms with E-state index in [1.165, 1.54) is 18.2 Å². The molecule has 0 amide bonds. The normalized spacial score (nSPS) is 11.5. The molecule has 0 saturated heterocycles. The highest BCUT2D eigenvalue weighted by Gasteiger charge is 2.34. The maximum absolute atomic E-state index is 12.9. The highest BCUT2D eigenvalue weighted by molar-refractivity contribution is 5.43. The van der Waals surface area contributed by atoms with Crippen LogP contribution in [0.15, 0.2) is 42.5 Å². The first kappa shape index (κ1) is 15.4.